The first kappa shape index (κ1) is 8.01. The molecule has 0 bridgehead atoms. The summed E-state index contributed by atoms with van der Waals surface area (Å²) >= 11 is 1.60. The molecule has 4 heteroatoms. The van der Waals surface area contributed by atoms with E-state index < -0.39 is 0 Å². The third kappa shape index (κ3) is 1.59. The van der Waals surface area contributed by atoms with Crippen LogP contribution in [0.15, 0.2) is 6.20 Å². The topological polar surface area (TPSA) is 19.4 Å². The van der Waals surface area contributed by atoms with E-state index in [-0.39, 0.29) is 0 Å². The Morgan fingerprint density at radius 3 is 2.75 bits per heavy atom. The first-order valence-electron chi connectivity index (χ1n) is 4.11. The van der Waals surface area contributed by atoms with Crippen LogP contribution in [0.25, 0.3) is 0 Å². The highest BCUT2D eigenvalue weighted by atomic mass is 32.1. The molecule has 0 unspecified atom stereocenters. The summed E-state index contributed by atoms with van der Waals surface area (Å²) in [5, 5.41) is 1.25. The number of hydrogen-bond donors (Lipinski definition) is 0. The van der Waals surface area contributed by atoms with Gasteiger partial charge in [-0.1, -0.05) is 11.3 Å². The molecule has 0 N–H and O–H groups in total. The van der Waals surface area contributed by atoms with Gasteiger partial charge in [0, 0.05) is 26.2 Å². The highest BCUT2D eigenvalue weighted by molar-refractivity contribution is 7.13. The molecule has 2 rings (SSSR count). The van der Waals surface area contributed by atoms with Crippen LogP contribution in [-0.2, 0) is 0 Å². The van der Waals surface area contributed by atoms with Crippen molar-refractivity contribution in [1.82, 2.24) is 9.88 Å². The molecular formula is C8H12N3S. The third-order valence-corrected chi connectivity index (χ3v) is 2.96. The Balaban J connectivity index is 1.99. The summed E-state index contributed by atoms with van der Waals surface area (Å²) in [5.41, 5.74) is 2.87. The van der Waals surface area contributed by atoms with Crippen LogP contribution in [0.4, 0.5) is 5.00 Å². The number of aromatic nitrogens is 1. The lowest BCUT2D eigenvalue weighted by molar-refractivity contribution is 0.313. The summed E-state index contributed by atoms with van der Waals surface area (Å²) in [5.74, 6) is 0. The van der Waals surface area contributed by atoms with Gasteiger partial charge in [-0.2, -0.15) is 0 Å². The normalized spacial score (nSPS) is 19.9. The second kappa shape index (κ2) is 3.41. The lowest BCUT2D eigenvalue weighted by Gasteiger charge is -2.32. The van der Waals surface area contributed by atoms with Gasteiger partial charge in [-0.15, -0.1) is 0 Å². The third-order valence-electron chi connectivity index (χ3n) is 2.19. The number of anilines is 1. The fourth-order valence-corrected chi connectivity index (χ4v) is 1.97. The summed E-state index contributed by atoms with van der Waals surface area (Å²) < 4.78 is 0. The van der Waals surface area contributed by atoms with Crippen LogP contribution in [0, 0.1) is 5.51 Å². The van der Waals surface area contributed by atoms with Gasteiger partial charge in [0.1, 0.15) is 5.00 Å². The van der Waals surface area contributed by atoms with Crippen LogP contribution < -0.4 is 4.90 Å². The second-order valence-corrected chi connectivity index (χ2v) is 3.89. The Morgan fingerprint density at radius 1 is 1.42 bits per heavy atom. The molecule has 1 aliphatic rings. The van der Waals surface area contributed by atoms with Crippen LogP contribution in [-0.4, -0.2) is 43.1 Å². The highest BCUT2D eigenvalue weighted by Crippen LogP contribution is 2.19. The van der Waals surface area contributed by atoms with E-state index >= 15 is 0 Å². The second-order valence-electron chi connectivity index (χ2n) is 3.08. The number of hydrogen-bond acceptors (Lipinski definition) is 4. The zero-order chi connectivity index (χ0) is 8.39. The zero-order valence-electron chi connectivity index (χ0n) is 7.16. The SMILES string of the molecule is CN1CCN(c2cn[c]s2)CC1. The molecular weight excluding hydrogens is 170 g/mol. The summed E-state index contributed by atoms with van der Waals surface area (Å²) in [6.07, 6.45) is 1.90. The Hall–Kier alpha value is -0.610. The summed E-state index contributed by atoms with van der Waals surface area (Å²) in [6, 6.07) is 0. The summed E-state index contributed by atoms with van der Waals surface area (Å²) in [7, 11) is 2.16. The molecule has 0 spiro atoms. The van der Waals surface area contributed by atoms with Crippen LogP contribution in [0.2, 0.25) is 0 Å². The van der Waals surface area contributed by atoms with Gasteiger partial charge in [-0.25, -0.2) is 4.98 Å². The Kier molecular flexibility index (Phi) is 2.28. The van der Waals surface area contributed by atoms with E-state index in [1.54, 1.807) is 11.3 Å². The van der Waals surface area contributed by atoms with Crippen molar-refractivity contribution in [3.8, 4) is 0 Å². The number of likely N-dealkylation sites (N-methyl/N-ethyl adjacent to an activating group) is 1. The minimum atomic E-state index is 1.12. The zero-order valence-corrected chi connectivity index (χ0v) is 7.97. The summed E-state index contributed by atoms with van der Waals surface area (Å²) in [4.78, 5) is 8.67. The van der Waals surface area contributed by atoms with Crippen molar-refractivity contribution in [2.24, 2.45) is 0 Å². The monoisotopic (exact) mass is 182 g/mol. The van der Waals surface area contributed by atoms with Gasteiger partial charge < -0.3 is 9.80 Å². The Bertz CT molecular complexity index is 226. The van der Waals surface area contributed by atoms with Crippen molar-refractivity contribution in [2.75, 3.05) is 38.1 Å². The average molecular weight is 182 g/mol. The number of thiazole rings is 1. The fraction of sp³-hybridized carbons (Fsp3) is 0.625. The molecule has 0 amide bonds. The molecule has 2 heterocycles. The summed E-state index contributed by atoms with van der Waals surface area (Å²) in [6.45, 7) is 4.54. The molecule has 1 radical (unpaired) electrons. The Morgan fingerprint density at radius 2 is 2.17 bits per heavy atom. The van der Waals surface area contributed by atoms with E-state index in [0.29, 0.717) is 0 Å². The van der Waals surface area contributed by atoms with E-state index in [9.17, 15) is 0 Å². The van der Waals surface area contributed by atoms with Gasteiger partial charge in [-0.3, -0.25) is 0 Å². The van der Waals surface area contributed by atoms with Gasteiger partial charge in [0.05, 0.1) is 6.20 Å². The van der Waals surface area contributed by atoms with Crippen molar-refractivity contribution < 1.29 is 0 Å². The minimum absolute atomic E-state index is 1.12. The lowest BCUT2D eigenvalue weighted by atomic mass is 10.3. The average Bonchev–Trinajstić information content (AvgIpc) is 2.58. The van der Waals surface area contributed by atoms with Crippen molar-refractivity contribution in [1.29, 1.82) is 0 Å². The molecule has 0 aromatic carbocycles. The van der Waals surface area contributed by atoms with Crippen molar-refractivity contribution in [2.45, 2.75) is 0 Å². The number of piperazine rings is 1. The van der Waals surface area contributed by atoms with Gasteiger partial charge in [0.15, 0.2) is 5.51 Å². The number of nitrogens with zero attached hydrogens (tertiary/aromatic N) is 3. The molecule has 1 fully saturated rings. The van der Waals surface area contributed by atoms with Crippen LogP contribution >= 0.6 is 11.3 Å². The maximum Gasteiger partial charge on any atom is 0.154 e. The maximum absolute atomic E-state index is 3.95. The van der Waals surface area contributed by atoms with Gasteiger partial charge in [-0.05, 0) is 7.05 Å². The quantitative estimate of drug-likeness (QED) is 0.637. The largest absolute Gasteiger partial charge is 0.360 e. The van der Waals surface area contributed by atoms with Crippen molar-refractivity contribution in [3.63, 3.8) is 0 Å². The van der Waals surface area contributed by atoms with Gasteiger partial charge in [0.25, 0.3) is 0 Å². The smallest absolute Gasteiger partial charge is 0.154 e. The van der Waals surface area contributed by atoms with Gasteiger partial charge in [0.2, 0.25) is 0 Å². The molecule has 0 atom stereocenters. The molecule has 1 aliphatic heterocycles. The van der Waals surface area contributed by atoms with E-state index in [4.69, 9.17) is 0 Å². The first-order valence-corrected chi connectivity index (χ1v) is 4.93. The van der Waals surface area contributed by atoms with E-state index in [1.165, 1.54) is 5.00 Å². The molecule has 65 valence electrons. The highest BCUT2D eigenvalue weighted by Gasteiger charge is 2.14. The molecule has 12 heavy (non-hydrogen) atoms. The van der Waals surface area contributed by atoms with Crippen molar-refractivity contribution >= 4 is 16.3 Å². The predicted octanol–water partition coefficient (Wildman–Crippen LogP) is 0.695. The standard InChI is InChI=1S/C8H12N3S/c1-10-2-4-11(5-3-10)8-6-9-7-12-8/h6H,2-5H2,1H3. The Labute approximate surface area is 76.6 Å². The molecule has 0 saturated carbocycles. The maximum atomic E-state index is 3.95. The molecule has 1 aromatic heterocycles. The molecule has 1 aromatic rings. The van der Waals surface area contributed by atoms with Gasteiger partial charge >= 0.3 is 0 Å². The molecule has 0 aliphatic carbocycles. The molecule has 3 nitrogen and oxygen atoms in total. The van der Waals surface area contributed by atoms with Crippen molar-refractivity contribution in [3.05, 3.63) is 11.7 Å². The number of rotatable bonds is 1. The predicted molar refractivity (Wildman–Crippen MR) is 50.7 cm³/mol. The lowest BCUT2D eigenvalue weighted by Crippen LogP contribution is -2.44. The first-order chi connectivity index (χ1) is 5.86. The van der Waals surface area contributed by atoms with Crippen LogP contribution in [0.3, 0.4) is 0 Å². The van der Waals surface area contributed by atoms with E-state index in [1.807, 2.05) is 6.20 Å². The minimum Gasteiger partial charge on any atom is -0.360 e. The van der Waals surface area contributed by atoms with E-state index in [0.717, 1.165) is 26.2 Å². The molecule has 1 saturated heterocycles. The fourth-order valence-electron chi connectivity index (χ4n) is 1.35. The van der Waals surface area contributed by atoms with E-state index in [2.05, 4.69) is 27.3 Å². The van der Waals surface area contributed by atoms with Crippen LogP contribution in [0.5, 0.6) is 0 Å². The van der Waals surface area contributed by atoms with Crippen LogP contribution in [0.1, 0.15) is 0 Å².